The monoisotopic (exact) mass is 1740 g/mol. The second-order valence-electron chi connectivity index (χ2n) is 31.6. The van der Waals surface area contributed by atoms with Gasteiger partial charge in [0, 0.05) is 27.8 Å². The van der Waals surface area contributed by atoms with Crippen LogP contribution in [-0.2, 0) is 64.2 Å². The fraction of sp³-hybridized carbons (Fsp3) is 0.290. The summed E-state index contributed by atoms with van der Waals surface area (Å²) in [5.41, 5.74) is 15.5. The van der Waals surface area contributed by atoms with Crippen LogP contribution in [0.25, 0.3) is 0 Å². The summed E-state index contributed by atoms with van der Waals surface area (Å²) in [5.74, 6) is 26.8. The fourth-order valence-electron chi connectivity index (χ4n) is 16.0. The number of hydrogen-bond acceptors (Lipinski definition) is 0. The Hall–Kier alpha value is -10.0. The van der Waals surface area contributed by atoms with Crippen molar-refractivity contribution < 1.29 is 43.9 Å². The quantitative estimate of drug-likeness (QED) is 0.0524. The topological polar surface area (TPSA) is 0 Å². The molecule has 5 unspecified atom stereocenters. The first-order chi connectivity index (χ1) is 58.8. The van der Waals surface area contributed by atoms with Crippen molar-refractivity contribution in [3.8, 4) is 59.2 Å². The van der Waals surface area contributed by atoms with Crippen LogP contribution in [0.3, 0.4) is 0 Å². The maximum absolute atomic E-state index is 14.5. The van der Waals surface area contributed by atoms with Crippen LogP contribution in [0.15, 0.2) is 189 Å². The van der Waals surface area contributed by atoms with Crippen molar-refractivity contribution in [2.24, 2.45) is 29.6 Å². The second kappa shape index (κ2) is 45.4. The van der Waals surface area contributed by atoms with Crippen LogP contribution in [0.4, 0.5) is 43.9 Å². The van der Waals surface area contributed by atoms with Gasteiger partial charge in [0.2, 0.25) is 0 Å². The van der Waals surface area contributed by atoms with Crippen molar-refractivity contribution in [1.29, 1.82) is 0 Å². The first-order valence-electron chi connectivity index (χ1n) is 41.6. The number of aryl methyl sites for hydroxylation is 5. The van der Waals surface area contributed by atoms with E-state index in [4.69, 9.17) is 58.0 Å². The van der Waals surface area contributed by atoms with E-state index in [2.05, 4.69) is 98.4 Å². The molecule has 0 bridgehead atoms. The third kappa shape index (κ3) is 26.5. The Balaban J connectivity index is 0.000000149. The molecule has 5 aliphatic rings. The Kier molecular flexibility index (Phi) is 34.5. The predicted molar refractivity (Wildman–Crippen MR) is 480 cm³/mol. The molecule has 122 heavy (non-hydrogen) atoms. The molecule has 5 atom stereocenters. The van der Waals surface area contributed by atoms with Crippen molar-refractivity contribution in [1.82, 2.24) is 0 Å². The van der Waals surface area contributed by atoms with Crippen LogP contribution < -0.4 is 0 Å². The lowest BCUT2D eigenvalue weighted by Crippen LogP contribution is -2.15. The van der Waals surface area contributed by atoms with E-state index in [1.165, 1.54) is 116 Å². The molecule has 626 valence electrons. The molecule has 0 fully saturated rings. The van der Waals surface area contributed by atoms with Crippen LogP contribution in [0.1, 0.15) is 216 Å². The Morgan fingerprint density at radius 2 is 0.582 bits per heavy atom. The van der Waals surface area contributed by atoms with Crippen molar-refractivity contribution in [3.63, 3.8) is 0 Å². The molecule has 0 N–H and O–H groups in total. The summed E-state index contributed by atoms with van der Waals surface area (Å²) in [4.78, 5) is 0. The molecule has 5 aliphatic carbocycles. The van der Waals surface area contributed by atoms with E-state index in [0.717, 1.165) is 148 Å². The van der Waals surface area contributed by atoms with Gasteiger partial charge in [0.05, 0.1) is 52.9 Å². The molecular weight excluding hydrogens is 1650 g/mol. The van der Waals surface area contributed by atoms with Crippen molar-refractivity contribution >= 4 is 58.0 Å². The van der Waals surface area contributed by atoms with Crippen LogP contribution in [0, 0.1) is 147 Å². The minimum Gasteiger partial charge on any atom is -0.206 e. The summed E-state index contributed by atoms with van der Waals surface area (Å²) in [6.45, 7) is 14.0. The highest BCUT2D eigenvalue weighted by atomic mass is 35.5. The van der Waals surface area contributed by atoms with Gasteiger partial charge in [-0.3, -0.25) is 0 Å². The van der Waals surface area contributed by atoms with E-state index in [9.17, 15) is 43.9 Å². The summed E-state index contributed by atoms with van der Waals surface area (Å²) >= 11 is 28.3. The molecule has 15 heteroatoms. The molecule has 0 amide bonds. The lowest BCUT2D eigenvalue weighted by molar-refractivity contribution is 0.407. The number of halogens is 15. The molecule has 10 aromatic carbocycles. The van der Waals surface area contributed by atoms with Crippen LogP contribution in [0.5, 0.6) is 0 Å². The number of unbranched alkanes of at least 4 members (excludes halogenated alkanes) is 2. The van der Waals surface area contributed by atoms with Crippen molar-refractivity contribution in [2.45, 2.75) is 168 Å². The highest BCUT2D eigenvalue weighted by Gasteiger charge is 2.25. The van der Waals surface area contributed by atoms with Crippen molar-refractivity contribution in [2.75, 3.05) is 0 Å². The van der Waals surface area contributed by atoms with E-state index < -0.39 is 29.1 Å². The van der Waals surface area contributed by atoms with Gasteiger partial charge in [-0.25, -0.2) is 43.9 Å². The van der Waals surface area contributed by atoms with Gasteiger partial charge in [-0.15, -0.1) is 13.2 Å². The average molecular weight is 1750 g/mol. The predicted octanol–water partition coefficient (Wildman–Crippen LogP) is 29.7. The fourth-order valence-corrected chi connectivity index (χ4v) is 16.6. The molecule has 0 spiro atoms. The zero-order valence-corrected chi connectivity index (χ0v) is 72.3. The Morgan fingerprint density at radius 1 is 0.303 bits per heavy atom. The van der Waals surface area contributed by atoms with Gasteiger partial charge < -0.3 is 0 Å². The third-order valence-electron chi connectivity index (χ3n) is 22.8. The van der Waals surface area contributed by atoms with Crippen LogP contribution in [-0.4, -0.2) is 0 Å². The molecule has 15 rings (SSSR count). The molecule has 0 aromatic heterocycles. The van der Waals surface area contributed by atoms with Gasteiger partial charge in [-0.2, -0.15) is 0 Å². The maximum Gasteiger partial charge on any atom is 0.143 e. The van der Waals surface area contributed by atoms with Gasteiger partial charge in [0.15, 0.2) is 0 Å². The Morgan fingerprint density at radius 3 is 0.861 bits per heavy atom. The summed E-state index contributed by atoms with van der Waals surface area (Å²) in [6.07, 6.45) is 32.4. The molecule has 0 nitrogen and oxygen atoms in total. The molecule has 0 saturated carbocycles. The number of fused-ring (bicyclic) bond motifs is 5. The van der Waals surface area contributed by atoms with Gasteiger partial charge in [-0.05, 0) is 353 Å². The zero-order valence-electron chi connectivity index (χ0n) is 68.5. The van der Waals surface area contributed by atoms with Crippen LogP contribution in [0.2, 0.25) is 25.1 Å². The first-order valence-corrected chi connectivity index (χ1v) is 43.5. The highest BCUT2D eigenvalue weighted by Crippen LogP contribution is 2.36. The van der Waals surface area contributed by atoms with E-state index >= 15 is 0 Å². The lowest BCUT2D eigenvalue weighted by Gasteiger charge is -2.25. The van der Waals surface area contributed by atoms with E-state index in [1.54, 1.807) is 60.7 Å². The minimum atomic E-state index is -0.528. The normalized spacial score (nSPS) is 16.2. The van der Waals surface area contributed by atoms with Crippen molar-refractivity contribution in [3.05, 3.63) is 384 Å². The molecule has 0 aliphatic heterocycles. The molecular formula is C107H93Cl5F10. The van der Waals surface area contributed by atoms with Gasteiger partial charge in [0.25, 0.3) is 0 Å². The standard InChI is InChI=1S/C23H23ClF2.C22H19ClF2.C21H19ClF2.C21H17ClF2.C20H15ClF2/c1-2-3-4-5-16-6-9-18-14-19(22(25)15-20(18)12-16)10-7-17-8-11-21(24)23(26)13-17;1-2-3-4-15-5-8-17-13-18(21(24)14-19(17)11-15)9-6-16-7-10-20(23)22(25)12-16;2*1-2-3-14-4-7-16-12-17(20(23)13-18(16)10-14)8-5-15-6-9-19(22)21(24)11-15;1-2-13-3-6-15-11-16(19(22)12-17(15)9-13)7-4-14-5-8-18(21)20(23)10-14/h8,11,13-16H,2-6,9,12H2,1H3;2,7,10,12-15H,1,3-5,8,11H2;6,9,11-14H,2-4,7,10H2,1H3;2-3,6,9,11-14H,4,7,10H2,1H3;2,5,8,10-13H,1,3,6,9H2/b;;;3-2+;. The van der Waals surface area contributed by atoms with E-state index in [-0.39, 0.29) is 54.2 Å². The SMILES string of the molecule is C/C=C/C1CCc2cc(C#Cc3ccc(Cl)c(F)c3)c(F)cc2C1.C=CC1CCc2cc(C#Cc3ccc(Cl)c(F)c3)c(F)cc2C1.C=CCCC1CCc2cc(C#Cc3ccc(Cl)c(F)c3)c(F)cc2C1.CCCC1CCc2cc(C#Cc3ccc(Cl)c(F)c3)c(F)cc2C1.CCCCCC1CCc2cc(C#Cc3ccc(Cl)c(F)c3)c(F)cc2C1. The summed E-state index contributed by atoms with van der Waals surface area (Å²) in [6, 6.07) is 38.9. The Labute approximate surface area is 737 Å². The summed E-state index contributed by atoms with van der Waals surface area (Å²) < 4.78 is 139. The largest absolute Gasteiger partial charge is 0.206 e. The first kappa shape index (κ1) is 92.7. The van der Waals surface area contributed by atoms with Gasteiger partial charge in [-0.1, -0.05) is 194 Å². The molecule has 0 radical (unpaired) electrons. The Bertz CT molecular complexity index is 5860. The van der Waals surface area contributed by atoms with Crippen LogP contribution >= 0.6 is 58.0 Å². The lowest BCUT2D eigenvalue weighted by atomic mass is 9.80. The highest BCUT2D eigenvalue weighted by molar-refractivity contribution is 6.32. The number of allylic oxidation sites excluding steroid dienone is 4. The van der Waals surface area contributed by atoms with E-state index in [1.807, 2.05) is 49.4 Å². The molecule has 0 heterocycles. The van der Waals surface area contributed by atoms with E-state index in [0.29, 0.717) is 85.2 Å². The molecule has 0 saturated heterocycles. The summed E-state index contributed by atoms with van der Waals surface area (Å²) in [7, 11) is 0. The zero-order chi connectivity index (χ0) is 86.9. The number of hydrogen-bond donors (Lipinski definition) is 0. The summed E-state index contributed by atoms with van der Waals surface area (Å²) in [5, 5.41) is 0.270. The number of rotatable bonds is 11. The smallest absolute Gasteiger partial charge is 0.143 e. The maximum atomic E-state index is 14.5. The third-order valence-corrected chi connectivity index (χ3v) is 24.3. The van der Waals surface area contributed by atoms with Gasteiger partial charge in [0.1, 0.15) is 58.2 Å². The molecule has 10 aromatic rings. The second-order valence-corrected chi connectivity index (χ2v) is 33.7. The van der Waals surface area contributed by atoms with Gasteiger partial charge >= 0.3 is 0 Å². The number of benzene rings is 10. The minimum absolute atomic E-state index is 0.0484. The average Bonchev–Trinajstić information content (AvgIpc) is 0.809.